The molecule has 2 aromatic carbocycles. The van der Waals surface area contributed by atoms with Crippen molar-refractivity contribution in [2.45, 2.75) is 50.2 Å². The molecule has 0 aliphatic rings. The fraction of sp³-hybridized carbons (Fsp3) is 0.348. The van der Waals surface area contributed by atoms with Gasteiger partial charge in [0.15, 0.2) is 5.16 Å². The van der Waals surface area contributed by atoms with Crippen LogP contribution in [0.3, 0.4) is 0 Å². The number of fused-ring (bicyclic) bond motifs is 1. The molecule has 0 radical (unpaired) electrons. The Balaban J connectivity index is 1.82. The second-order valence-corrected chi connectivity index (χ2v) is 8.56. The molecule has 1 unspecified atom stereocenters. The van der Waals surface area contributed by atoms with Crippen LogP contribution in [0.15, 0.2) is 64.5 Å². The average molecular weight is 426 g/mol. The van der Waals surface area contributed by atoms with Gasteiger partial charge >= 0.3 is 0 Å². The highest BCUT2D eigenvalue weighted by molar-refractivity contribution is 8.00. The largest absolute Gasteiger partial charge is 0.379 e. The van der Waals surface area contributed by atoms with Crippen LogP contribution in [0.1, 0.15) is 27.2 Å². The minimum atomic E-state index is -0.420. The van der Waals surface area contributed by atoms with E-state index in [-0.39, 0.29) is 17.6 Å². The predicted octanol–water partition coefficient (Wildman–Crippen LogP) is 4.33. The molecule has 0 saturated carbocycles. The fourth-order valence-corrected chi connectivity index (χ4v) is 3.89. The van der Waals surface area contributed by atoms with Crippen molar-refractivity contribution in [1.82, 2.24) is 9.55 Å². The van der Waals surface area contributed by atoms with Crippen molar-refractivity contribution < 1.29 is 9.53 Å². The van der Waals surface area contributed by atoms with Gasteiger partial charge < -0.3 is 10.1 Å². The first kappa shape index (κ1) is 22.1. The molecule has 0 fully saturated rings. The summed E-state index contributed by atoms with van der Waals surface area (Å²) in [5.41, 5.74) is 1.28. The maximum Gasteiger partial charge on any atom is 0.262 e. The van der Waals surface area contributed by atoms with Crippen molar-refractivity contribution in [1.29, 1.82) is 0 Å². The Morgan fingerprint density at radius 1 is 1.10 bits per heavy atom. The number of thioether (sulfide) groups is 1. The topological polar surface area (TPSA) is 73.2 Å². The third kappa shape index (κ3) is 5.70. The molecule has 3 aromatic rings. The molecule has 1 heterocycles. The lowest BCUT2D eigenvalue weighted by molar-refractivity contribution is -0.115. The van der Waals surface area contributed by atoms with Gasteiger partial charge in [0.1, 0.15) is 0 Å². The SMILES string of the molecule is CC(C)OCCCn1c(SC(C)C(=O)Nc2ccccc2)nc2ccccc2c1=O. The number of nitrogens with zero attached hydrogens (tertiary/aromatic N) is 2. The highest BCUT2D eigenvalue weighted by atomic mass is 32.2. The van der Waals surface area contributed by atoms with E-state index in [0.29, 0.717) is 35.6 Å². The highest BCUT2D eigenvalue weighted by Gasteiger charge is 2.19. The molecular weight excluding hydrogens is 398 g/mol. The molecule has 0 bridgehead atoms. The summed E-state index contributed by atoms with van der Waals surface area (Å²) >= 11 is 1.29. The van der Waals surface area contributed by atoms with Crippen molar-refractivity contribution in [3.63, 3.8) is 0 Å². The molecule has 0 spiro atoms. The van der Waals surface area contributed by atoms with Crippen LogP contribution in [0.2, 0.25) is 0 Å². The summed E-state index contributed by atoms with van der Waals surface area (Å²) in [5, 5.41) is 3.60. The van der Waals surface area contributed by atoms with Crippen molar-refractivity contribution in [3.8, 4) is 0 Å². The lowest BCUT2D eigenvalue weighted by Gasteiger charge is -2.17. The van der Waals surface area contributed by atoms with Crippen LogP contribution in [0.25, 0.3) is 10.9 Å². The third-order valence-corrected chi connectivity index (χ3v) is 5.59. The number of carbonyl (C=O) groups is 1. The highest BCUT2D eigenvalue weighted by Crippen LogP contribution is 2.24. The first-order valence-electron chi connectivity index (χ1n) is 10.1. The molecule has 1 aromatic heterocycles. The summed E-state index contributed by atoms with van der Waals surface area (Å²) < 4.78 is 7.27. The molecule has 6 nitrogen and oxygen atoms in total. The van der Waals surface area contributed by atoms with Crippen LogP contribution in [0, 0.1) is 0 Å². The zero-order chi connectivity index (χ0) is 21.5. The van der Waals surface area contributed by atoms with Crippen LogP contribution in [-0.2, 0) is 16.1 Å². The van der Waals surface area contributed by atoms with E-state index in [9.17, 15) is 9.59 Å². The van der Waals surface area contributed by atoms with Gasteiger partial charge in [-0.15, -0.1) is 0 Å². The number of nitrogens with one attached hydrogen (secondary N) is 1. The second kappa shape index (κ2) is 10.4. The molecule has 30 heavy (non-hydrogen) atoms. The Morgan fingerprint density at radius 3 is 2.53 bits per heavy atom. The molecular formula is C23H27N3O3S. The predicted molar refractivity (Wildman–Crippen MR) is 122 cm³/mol. The zero-order valence-corrected chi connectivity index (χ0v) is 18.3. The van der Waals surface area contributed by atoms with E-state index < -0.39 is 5.25 Å². The molecule has 3 rings (SSSR count). The number of hydrogen-bond acceptors (Lipinski definition) is 5. The molecule has 1 amide bonds. The van der Waals surface area contributed by atoms with Crippen LogP contribution < -0.4 is 10.9 Å². The van der Waals surface area contributed by atoms with E-state index in [1.54, 1.807) is 10.6 Å². The van der Waals surface area contributed by atoms with Gasteiger partial charge in [-0.2, -0.15) is 0 Å². The summed E-state index contributed by atoms with van der Waals surface area (Å²) in [4.78, 5) is 30.4. The van der Waals surface area contributed by atoms with E-state index in [0.717, 1.165) is 5.69 Å². The normalized spacial score (nSPS) is 12.3. The van der Waals surface area contributed by atoms with E-state index in [4.69, 9.17) is 4.74 Å². The first-order chi connectivity index (χ1) is 14.5. The number of rotatable bonds is 9. The lowest BCUT2D eigenvalue weighted by atomic mass is 10.2. The van der Waals surface area contributed by atoms with E-state index in [2.05, 4.69) is 10.3 Å². The molecule has 0 saturated heterocycles. The molecule has 0 aliphatic heterocycles. The molecule has 1 atom stereocenters. The van der Waals surface area contributed by atoms with Crippen molar-refractivity contribution in [3.05, 3.63) is 65.0 Å². The quantitative estimate of drug-likeness (QED) is 0.314. The van der Waals surface area contributed by atoms with Crippen molar-refractivity contribution >= 4 is 34.3 Å². The Kier molecular flexibility index (Phi) is 7.65. The molecule has 1 N–H and O–H groups in total. The summed E-state index contributed by atoms with van der Waals surface area (Å²) in [6.07, 6.45) is 0.836. The summed E-state index contributed by atoms with van der Waals surface area (Å²) in [6, 6.07) is 16.6. The van der Waals surface area contributed by atoms with Crippen molar-refractivity contribution in [2.75, 3.05) is 11.9 Å². The number of anilines is 1. The van der Waals surface area contributed by atoms with Gasteiger partial charge in [-0.25, -0.2) is 4.98 Å². The monoisotopic (exact) mass is 425 g/mol. The summed E-state index contributed by atoms with van der Waals surface area (Å²) in [5.74, 6) is -0.136. The van der Waals surface area contributed by atoms with Crippen LogP contribution in [0.5, 0.6) is 0 Å². The maximum atomic E-state index is 13.1. The number of carbonyl (C=O) groups excluding carboxylic acids is 1. The zero-order valence-electron chi connectivity index (χ0n) is 17.5. The van der Waals surface area contributed by atoms with Gasteiger partial charge in [0, 0.05) is 18.8 Å². The van der Waals surface area contributed by atoms with E-state index in [1.165, 1.54) is 11.8 Å². The third-order valence-electron chi connectivity index (χ3n) is 4.50. The smallest absolute Gasteiger partial charge is 0.262 e. The Labute approximate surface area is 180 Å². The number of amides is 1. The van der Waals surface area contributed by atoms with Crippen molar-refractivity contribution in [2.24, 2.45) is 0 Å². The van der Waals surface area contributed by atoms with Gasteiger partial charge in [-0.05, 0) is 51.5 Å². The average Bonchev–Trinajstić information content (AvgIpc) is 2.73. The minimum absolute atomic E-state index is 0.0942. The van der Waals surface area contributed by atoms with Gasteiger partial charge in [0.2, 0.25) is 5.91 Å². The number of para-hydroxylation sites is 2. The fourth-order valence-electron chi connectivity index (χ4n) is 2.95. The standard InChI is InChI=1S/C23H27N3O3S/c1-16(2)29-15-9-14-26-22(28)19-12-7-8-13-20(19)25-23(26)30-17(3)21(27)24-18-10-5-4-6-11-18/h4-8,10-13,16-17H,9,14-15H2,1-3H3,(H,24,27). The Hall–Kier alpha value is -2.64. The molecule has 0 aliphatic carbocycles. The van der Waals surface area contributed by atoms with Gasteiger partial charge in [0.05, 0.1) is 22.3 Å². The van der Waals surface area contributed by atoms with Gasteiger partial charge in [-0.3, -0.25) is 14.2 Å². The van der Waals surface area contributed by atoms with Crippen LogP contribution >= 0.6 is 11.8 Å². The number of hydrogen-bond donors (Lipinski definition) is 1. The van der Waals surface area contributed by atoms with Crippen LogP contribution in [-0.4, -0.2) is 33.4 Å². The Bertz CT molecular complexity index is 1050. The summed E-state index contributed by atoms with van der Waals surface area (Å²) in [6.45, 7) is 6.83. The number of ether oxygens (including phenoxy) is 1. The first-order valence-corrected chi connectivity index (χ1v) is 11.0. The number of aromatic nitrogens is 2. The number of benzene rings is 2. The second-order valence-electron chi connectivity index (χ2n) is 7.26. The van der Waals surface area contributed by atoms with E-state index >= 15 is 0 Å². The molecule has 7 heteroatoms. The van der Waals surface area contributed by atoms with Crippen LogP contribution in [0.4, 0.5) is 5.69 Å². The van der Waals surface area contributed by atoms with Gasteiger partial charge in [-0.1, -0.05) is 42.1 Å². The molecule has 158 valence electrons. The summed E-state index contributed by atoms with van der Waals surface area (Å²) in [7, 11) is 0. The van der Waals surface area contributed by atoms with Gasteiger partial charge in [0.25, 0.3) is 5.56 Å². The van der Waals surface area contributed by atoms with E-state index in [1.807, 2.05) is 69.3 Å². The maximum absolute atomic E-state index is 13.1. The minimum Gasteiger partial charge on any atom is -0.379 e. The Morgan fingerprint density at radius 2 is 1.80 bits per heavy atom. The lowest BCUT2D eigenvalue weighted by Crippen LogP contribution is -2.27.